The van der Waals surface area contributed by atoms with Crippen LogP contribution in [-0.4, -0.2) is 61.4 Å². The van der Waals surface area contributed by atoms with Crippen LogP contribution in [0.15, 0.2) is 18.3 Å². The molecule has 1 aromatic rings. The van der Waals surface area contributed by atoms with Gasteiger partial charge in [0.05, 0.1) is 22.6 Å². The Bertz CT molecular complexity index is 789. The lowest BCUT2D eigenvalue weighted by atomic mass is 10.2. The summed E-state index contributed by atoms with van der Waals surface area (Å²) >= 11 is 0. The Morgan fingerprint density at radius 1 is 1.23 bits per heavy atom. The normalized spacial score (nSPS) is 18.7. The van der Waals surface area contributed by atoms with Crippen LogP contribution in [0, 0.1) is 11.3 Å². The fourth-order valence-electron chi connectivity index (χ4n) is 3.65. The van der Waals surface area contributed by atoms with E-state index in [-0.39, 0.29) is 23.3 Å². The number of carbonyl (C=O) groups excluding carboxylic acids is 1. The molecule has 1 aliphatic heterocycles. The van der Waals surface area contributed by atoms with Gasteiger partial charge in [0.1, 0.15) is 5.82 Å². The van der Waals surface area contributed by atoms with E-state index in [1.807, 2.05) is 4.90 Å². The molecular formula is C18H24N4O3S. The lowest BCUT2D eigenvalue weighted by Gasteiger charge is -2.35. The molecule has 0 unspecified atom stereocenters. The zero-order valence-electron chi connectivity index (χ0n) is 14.8. The van der Waals surface area contributed by atoms with E-state index in [0.29, 0.717) is 31.7 Å². The summed E-state index contributed by atoms with van der Waals surface area (Å²) in [4.78, 5) is 20.4. The van der Waals surface area contributed by atoms with Crippen molar-refractivity contribution in [2.75, 3.05) is 36.8 Å². The first kappa shape index (κ1) is 18.6. The summed E-state index contributed by atoms with van der Waals surface area (Å²) in [6.07, 6.45) is 5.11. The molecule has 0 bridgehead atoms. The maximum absolute atomic E-state index is 12.4. The van der Waals surface area contributed by atoms with Crippen molar-refractivity contribution >= 4 is 21.6 Å². The van der Waals surface area contributed by atoms with Crippen molar-refractivity contribution in [3.8, 4) is 6.07 Å². The van der Waals surface area contributed by atoms with E-state index >= 15 is 0 Å². The summed E-state index contributed by atoms with van der Waals surface area (Å²) in [5.41, 5.74) is 0.561. The predicted octanol–water partition coefficient (Wildman–Crippen LogP) is 1.35. The van der Waals surface area contributed by atoms with E-state index in [0.717, 1.165) is 31.5 Å². The maximum Gasteiger partial charge on any atom is 0.223 e. The number of nitriles is 1. The molecule has 2 heterocycles. The smallest absolute Gasteiger partial charge is 0.223 e. The molecule has 7 nitrogen and oxygen atoms in total. The molecule has 2 aliphatic rings. The first-order chi connectivity index (χ1) is 12.5. The van der Waals surface area contributed by atoms with Crippen molar-refractivity contribution in [1.82, 2.24) is 9.88 Å². The topological polar surface area (TPSA) is 94.4 Å². The number of hydrogen-bond donors (Lipinski definition) is 0. The van der Waals surface area contributed by atoms with Crippen molar-refractivity contribution < 1.29 is 13.2 Å². The van der Waals surface area contributed by atoms with Gasteiger partial charge >= 0.3 is 0 Å². The van der Waals surface area contributed by atoms with Gasteiger partial charge in [-0.05, 0) is 25.0 Å². The molecule has 26 heavy (non-hydrogen) atoms. The Labute approximate surface area is 154 Å². The minimum Gasteiger partial charge on any atom is -0.353 e. The Kier molecular flexibility index (Phi) is 5.77. The number of sulfone groups is 1. The summed E-state index contributed by atoms with van der Waals surface area (Å²) < 4.78 is 24.6. The molecule has 0 radical (unpaired) electrons. The Balaban J connectivity index is 1.49. The van der Waals surface area contributed by atoms with Gasteiger partial charge in [-0.25, -0.2) is 13.4 Å². The van der Waals surface area contributed by atoms with Crippen molar-refractivity contribution in [1.29, 1.82) is 5.26 Å². The summed E-state index contributed by atoms with van der Waals surface area (Å²) in [5.74, 6) is 0.604. The van der Waals surface area contributed by atoms with Gasteiger partial charge in [-0.15, -0.1) is 0 Å². The largest absolute Gasteiger partial charge is 0.353 e. The molecule has 0 N–H and O–H groups in total. The number of nitrogens with zero attached hydrogens (tertiary/aromatic N) is 4. The molecular weight excluding hydrogens is 352 g/mol. The highest BCUT2D eigenvalue weighted by Gasteiger charge is 2.30. The number of carbonyl (C=O) groups is 1. The number of pyridine rings is 1. The number of aromatic nitrogens is 1. The average Bonchev–Trinajstić information content (AvgIpc) is 3.22. The van der Waals surface area contributed by atoms with E-state index in [4.69, 9.17) is 5.26 Å². The quantitative estimate of drug-likeness (QED) is 0.770. The number of anilines is 1. The molecule has 1 amide bonds. The van der Waals surface area contributed by atoms with E-state index in [9.17, 15) is 13.2 Å². The summed E-state index contributed by atoms with van der Waals surface area (Å²) in [7, 11) is -3.15. The van der Waals surface area contributed by atoms with Crippen LogP contribution in [0.5, 0.6) is 0 Å². The van der Waals surface area contributed by atoms with E-state index in [1.54, 1.807) is 23.2 Å². The summed E-state index contributed by atoms with van der Waals surface area (Å²) in [5, 5.41) is 8.74. The molecule has 140 valence electrons. The van der Waals surface area contributed by atoms with Crippen molar-refractivity contribution in [3.63, 3.8) is 0 Å². The third-order valence-electron chi connectivity index (χ3n) is 5.24. The zero-order chi connectivity index (χ0) is 18.6. The second-order valence-electron chi connectivity index (χ2n) is 6.91. The molecule has 8 heteroatoms. The fourth-order valence-corrected chi connectivity index (χ4v) is 5.49. The third kappa shape index (κ3) is 4.33. The monoisotopic (exact) mass is 376 g/mol. The molecule has 2 fully saturated rings. The third-order valence-corrected chi connectivity index (χ3v) is 7.50. The van der Waals surface area contributed by atoms with Gasteiger partial charge in [0.2, 0.25) is 5.91 Å². The van der Waals surface area contributed by atoms with Gasteiger partial charge in [-0.3, -0.25) is 4.79 Å². The lowest BCUT2D eigenvalue weighted by Crippen LogP contribution is -2.49. The van der Waals surface area contributed by atoms with Gasteiger partial charge in [0.15, 0.2) is 9.84 Å². The maximum atomic E-state index is 12.4. The average molecular weight is 376 g/mol. The minimum atomic E-state index is -3.15. The lowest BCUT2D eigenvalue weighted by molar-refractivity contribution is -0.131. The van der Waals surface area contributed by atoms with Crippen molar-refractivity contribution in [2.24, 2.45) is 0 Å². The molecule has 1 aromatic heterocycles. The number of amides is 1. The highest BCUT2D eigenvalue weighted by Crippen LogP contribution is 2.25. The van der Waals surface area contributed by atoms with E-state index < -0.39 is 9.84 Å². The Hall–Kier alpha value is -2.14. The summed E-state index contributed by atoms with van der Waals surface area (Å²) in [6, 6.07) is 5.50. The molecule has 1 saturated carbocycles. The standard InChI is InChI=1S/C18H24N4O3S/c19-14-15-5-7-20-17(13-15)21-8-10-22(11-9-21)18(23)6-12-26(24,25)16-3-1-2-4-16/h5,7,13,16H,1-4,6,8-12H2. The van der Waals surface area contributed by atoms with E-state index in [2.05, 4.69) is 11.1 Å². The van der Waals surface area contributed by atoms with Gasteiger partial charge < -0.3 is 9.80 Å². The number of piperazine rings is 1. The van der Waals surface area contributed by atoms with Crippen LogP contribution in [0.3, 0.4) is 0 Å². The molecule has 1 aliphatic carbocycles. The highest BCUT2D eigenvalue weighted by atomic mass is 32.2. The Morgan fingerprint density at radius 3 is 2.58 bits per heavy atom. The van der Waals surface area contributed by atoms with Crippen LogP contribution in [0.1, 0.15) is 37.7 Å². The molecule has 0 atom stereocenters. The van der Waals surface area contributed by atoms with Crippen LogP contribution < -0.4 is 4.90 Å². The first-order valence-corrected chi connectivity index (χ1v) is 10.8. The first-order valence-electron chi connectivity index (χ1n) is 9.10. The van der Waals surface area contributed by atoms with Crippen LogP contribution in [-0.2, 0) is 14.6 Å². The molecule has 0 aromatic carbocycles. The van der Waals surface area contributed by atoms with Crippen LogP contribution in [0.25, 0.3) is 0 Å². The number of rotatable bonds is 5. The van der Waals surface area contributed by atoms with Gasteiger partial charge in [-0.2, -0.15) is 5.26 Å². The van der Waals surface area contributed by atoms with Crippen LogP contribution in [0.4, 0.5) is 5.82 Å². The Morgan fingerprint density at radius 2 is 1.92 bits per heavy atom. The summed E-state index contributed by atoms with van der Waals surface area (Å²) in [6.45, 7) is 2.34. The van der Waals surface area contributed by atoms with Crippen molar-refractivity contribution in [3.05, 3.63) is 23.9 Å². The highest BCUT2D eigenvalue weighted by molar-refractivity contribution is 7.92. The molecule has 3 rings (SSSR count). The second-order valence-corrected chi connectivity index (χ2v) is 9.31. The number of hydrogen-bond acceptors (Lipinski definition) is 6. The van der Waals surface area contributed by atoms with Gasteiger partial charge in [0, 0.05) is 38.8 Å². The van der Waals surface area contributed by atoms with Crippen LogP contribution in [0.2, 0.25) is 0 Å². The van der Waals surface area contributed by atoms with E-state index in [1.165, 1.54) is 0 Å². The fraction of sp³-hybridized carbons (Fsp3) is 0.611. The minimum absolute atomic E-state index is 0.0392. The molecule has 1 saturated heterocycles. The van der Waals surface area contributed by atoms with Crippen molar-refractivity contribution in [2.45, 2.75) is 37.4 Å². The molecule has 0 spiro atoms. The second kappa shape index (κ2) is 8.04. The van der Waals surface area contributed by atoms with Gasteiger partial charge in [0.25, 0.3) is 0 Å². The zero-order valence-corrected chi connectivity index (χ0v) is 15.6. The SMILES string of the molecule is N#Cc1ccnc(N2CCN(C(=O)CCS(=O)(=O)C3CCCC3)CC2)c1. The predicted molar refractivity (Wildman–Crippen MR) is 98.4 cm³/mol. The van der Waals surface area contributed by atoms with Crippen LogP contribution >= 0.6 is 0 Å². The van der Waals surface area contributed by atoms with Gasteiger partial charge in [-0.1, -0.05) is 12.8 Å².